The number of hydrogen-bond acceptors (Lipinski definition) is 6. The number of carbonyl (C=O) groups excluding carboxylic acids is 1. The molecule has 2 aromatic heterocycles. The Bertz CT molecular complexity index is 1260. The van der Waals surface area contributed by atoms with Gasteiger partial charge in [0.2, 0.25) is 5.89 Å². The lowest BCUT2D eigenvalue weighted by molar-refractivity contribution is 0.0459. The highest BCUT2D eigenvalue weighted by atomic mass is 79.9. The SMILES string of the molecule is Cc1cc(-n2nnc(C(=O)OCc3nc(-c4ccc(Cl)cc4)oc3C)c2C)ccc1Br. The van der Waals surface area contributed by atoms with Gasteiger partial charge in [-0.05, 0) is 68.8 Å². The second-order valence-corrected chi connectivity index (χ2v) is 8.26. The molecular weight excluding hydrogens is 484 g/mol. The van der Waals surface area contributed by atoms with Crippen molar-refractivity contribution in [2.45, 2.75) is 27.4 Å². The van der Waals surface area contributed by atoms with Gasteiger partial charge in [0.15, 0.2) is 5.69 Å². The van der Waals surface area contributed by atoms with E-state index < -0.39 is 5.97 Å². The lowest BCUT2D eigenvalue weighted by Gasteiger charge is -2.06. The molecule has 0 spiro atoms. The Labute approximate surface area is 192 Å². The minimum atomic E-state index is -0.576. The summed E-state index contributed by atoms with van der Waals surface area (Å²) in [5.74, 6) is 0.435. The highest BCUT2D eigenvalue weighted by Crippen LogP contribution is 2.24. The number of halogens is 2. The van der Waals surface area contributed by atoms with Crippen LogP contribution < -0.4 is 0 Å². The van der Waals surface area contributed by atoms with Gasteiger partial charge in [0.25, 0.3) is 0 Å². The molecule has 158 valence electrons. The minimum absolute atomic E-state index is 0.0363. The van der Waals surface area contributed by atoms with E-state index in [1.54, 1.807) is 30.7 Å². The zero-order chi connectivity index (χ0) is 22.1. The summed E-state index contributed by atoms with van der Waals surface area (Å²) in [6.45, 7) is 5.49. The number of oxazole rings is 1. The second kappa shape index (κ2) is 8.64. The molecule has 9 heteroatoms. The zero-order valence-electron chi connectivity index (χ0n) is 17.0. The van der Waals surface area contributed by atoms with E-state index in [9.17, 15) is 4.79 Å². The normalized spacial score (nSPS) is 11.0. The van der Waals surface area contributed by atoms with E-state index in [2.05, 4.69) is 31.2 Å². The molecule has 0 aliphatic heterocycles. The molecule has 2 aromatic carbocycles. The smallest absolute Gasteiger partial charge is 0.361 e. The Kier molecular flexibility index (Phi) is 5.93. The van der Waals surface area contributed by atoms with E-state index in [-0.39, 0.29) is 12.3 Å². The maximum absolute atomic E-state index is 12.6. The topological polar surface area (TPSA) is 83.0 Å². The van der Waals surface area contributed by atoms with Gasteiger partial charge in [-0.2, -0.15) is 0 Å². The minimum Gasteiger partial charge on any atom is -0.454 e. The van der Waals surface area contributed by atoms with Gasteiger partial charge in [-0.3, -0.25) is 0 Å². The molecule has 0 fully saturated rings. The molecule has 4 aromatic rings. The van der Waals surface area contributed by atoms with Crippen LogP contribution in [0.25, 0.3) is 17.1 Å². The van der Waals surface area contributed by atoms with Crippen LogP contribution >= 0.6 is 27.5 Å². The van der Waals surface area contributed by atoms with E-state index in [4.69, 9.17) is 20.8 Å². The number of aryl methyl sites for hydroxylation is 2. The first-order valence-electron chi connectivity index (χ1n) is 9.41. The van der Waals surface area contributed by atoms with Crippen LogP contribution in [0.2, 0.25) is 5.02 Å². The maximum Gasteiger partial charge on any atom is 0.361 e. The van der Waals surface area contributed by atoms with Crippen molar-refractivity contribution in [2.24, 2.45) is 0 Å². The van der Waals surface area contributed by atoms with E-state index in [0.29, 0.717) is 28.1 Å². The summed E-state index contributed by atoms with van der Waals surface area (Å²) in [7, 11) is 0. The van der Waals surface area contributed by atoms with Crippen molar-refractivity contribution in [3.63, 3.8) is 0 Å². The summed E-state index contributed by atoms with van der Waals surface area (Å²) >= 11 is 9.40. The summed E-state index contributed by atoms with van der Waals surface area (Å²) in [6, 6.07) is 12.9. The maximum atomic E-state index is 12.6. The van der Waals surface area contributed by atoms with Gasteiger partial charge in [-0.1, -0.05) is 32.7 Å². The number of rotatable bonds is 5. The number of ether oxygens (including phenoxy) is 1. The summed E-state index contributed by atoms with van der Waals surface area (Å²) in [5, 5.41) is 8.74. The third-order valence-corrected chi connectivity index (χ3v) is 5.94. The average Bonchev–Trinajstić information content (AvgIpc) is 3.31. The predicted octanol–water partition coefficient (Wildman–Crippen LogP) is 5.62. The summed E-state index contributed by atoms with van der Waals surface area (Å²) in [4.78, 5) is 17.0. The first-order chi connectivity index (χ1) is 14.8. The molecular formula is C22H18BrClN4O3. The first-order valence-corrected chi connectivity index (χ1v) is 10.6. The molecule has 0 radical (unpaired) electrons. The molecule has 0 N–H and O–H groups in total. The van der Waals surface area contributed by atoms with Crippen LogP contribution in [0.1, 0.15) is 33.2 Å². The Balaban J connectivity index is 1.49. The van der Waals surface area contributed by atoms with Crippen molar-refractivity contribution < 1.29 is 13.9 Å². The highest BCUT2D eigenvalue weighted by molar-refractivity contribution is 9.10. The molecule has 0 atom stereocenters. The Morgan fingerprint density at radius 3 is 2.61 bits per heavy atom. The third-order valence-electron chi connectivity index (χ3n) is 4.80. The molecule has 4 rings (SSSR count). The van der Waals surface area contributed by atoms with Crippen molar-refractivity contribution in [3.8, 4) is 17.1 Å². The molecule has 0 saturated carbocycles. The Morgan fingerprint density at radius 2 is 1.90 bits per heavy atom. The number of aromatic nitrogens is 4. The third kappa shape index (κ3) is 4.40. The van der Waals surface area contributed by atoms with E-state index in [1.807, 2.05) is 37.3 Å². The van der Waals surface area contributed by atoms with Gasteiger partial charge in [0.05, 0.1) is 11.4 Å². The van der Waals surface area contributed by atoms with Gasteiger partial charge >= 0.3 is 5.97 Å². The van der Waals surface area contributed by atoms with Crippen molar-refractivity contribution in [1.29, 1.82) is 0 Å². The van der Waals surface area contributed by atoms with E-state index in [0.717, 1.165) is 21.3 Å². The monoisotopic (exact) mass is 500 g/mol. The molecule has 0 amide bonds. The molecule has 31 heavy (non-hydrogen) atoms. The van der Waals surface area contributed by atoms with Crippen molar-refractivity contribution in [2.75, 3.05) is 0 Å². The zero-order valence-corrected chi connectivity index (χ0v) is 19.4. The van der Waals surface area contributed by atoms with E-state index >= 15 is 0 Å². The largest absolute Gasteiger partial charge is 0.454 e. The summed E-state index contributed by atoms with van der Waals surface area (Å²) < 4.78 is 13.7. The van der Waals surface area contributed by atoms with Gasteiger partial charge in [-0.15, -0.1) is 5.10 Å². The van der Waals surface area contributed by atoms with Crippen LogP contribution in [0.15, 0.2) is 51.4 Å². The molecule has 2 heterocycles. The predicted molar refractivity (Wildman–Crippen MR) is 119 cm³/mol. The fourth-order valence-electron chi connectivity index (χ4n) is 3.00. The van der Waals surface area contributed by atoms with Crippen LogP contribution in [-0.4, -0.2) is 25.9 Å². The number of nitrogens with zero attached hydrogens (tertiary/aromatic N) is 4. The van der Waals surface area contributed by atoms with E-state index in [1.165, 1.54) is 0 Å². The lowest BCUT2D eigenvalue weighted by atomic mass is 10.2. The lowest BCUT2D eigenvalue weighted by Crippen LogP contribution is -2.09. The average molecular weight is 502 g/mol. The van der Waals surface area contributed by atoms with Gasteiger partial charge in [-0.25, -0.2) is 14.5 Å². The summed E-state index contributed by atoms with van der Waals surface area (Å²) in [6.07, 6.45) is 0. The molecule has 0 bridgehead atoms. The molecule has 7 nitrogen and oxygen atoms in total. The number of benzene rings is 2. The quantitative estimate of drug-likeness (QED) is 0.330. The molecule has 0 unspecified atom stereocenters. The van der Waals surface area contributed by atoms with Crippen molar-refractivity contribution in [1.82, 2.24) is 20.0 Å². The van der Waals surface area contributed by atoms with Crippen LogP contribution in [0.4, 0.5) is 0 Å². The Hall–Kier alpha value is -2.97. The fourth-order valence-corrected chi connectivity index (χ4v) is 3.38. The molecule has 0 aliphatic carbocycles. The van der Waals surface area contributed by atoms with Crippen LogP contribution in [-0.2, 0) is 11.3 Å². The highest BCUT2D eigenvalue weighted by Gasteiger charge is 2.21. The van der Waals surface area contributed by atoms with Crippen molar-refractivity contribution in [3.05, 3.63) is 80.4 Å². The van der Waals surface area contributed by atoms with Gasteiger partial charge in [0.1, 0.15) is 18.1 Å². The van der Waals surface area contributed by atoms with Gasteiger partial charge < -0.3 is 9.15 Å². The van der Waals surface area contributed by atoms with Crippen molar-refractivity contribution >= 4 is 33.5 Å². The molecule has 0 saturated heterocycles. The van der Waals surface area contributed by atoms with Crippen LogP contribution in [0, 0.1) is 20.8 Å². The van der Waals surface area contributed by atoms with Crippen LogP contribution in [0.3, 0.4) is 0 Å². The summed E-state index contributed by atoms with van der Waals surface area (Å²) in [5.41, 5.74) is 3.92. The molecule has 0 aliphatic rings. The number of hydrogen-bond donors (Lipinski definition) is 0. The standard InChI is InChI=1S/C22H18BrClN4O3/c1-12-10-17(8-9-18(12)23)28-13(2)20(26-27-28)22(29)30-11-19-14(3)31-21(25-19)15-4-6-16(24)7-5-15/h4-10H,11H2,1-3H3. The number of esters is 1. The van der Waals surface area contributed by atoms with Crippen LogP contribution in [0.5, 0.6) is 0 Å². The fraction of sp³-hybridized carbons (Fsp3) is 0.182. The Morgan fingerprint density at radius 1 is 1.16 bits per heavy atom. The first kappa shape index (κ1) is 21.3. The number of carbonyl (C=O) groups is 1. The van der Waals surface area contributed by atoms with Gasteiger partial charge in [0, 0.05) is 15.1 Å². The second-order valence-electron chi connectivity index (χ2n) is 6.97.